The summed E-state index contributed by atoms with van der Waals surface area (Å²) in [4.78, 5) is 23.6. The normalized spacial score (nSPS) is 12.1. The van der Waals surface area contributed by atoms with Crippen molar-refractivity contribution in [2.75, 3.05) is 0 Å². The van der Waals surface area contributed by atoms with E-state index in [-0.39, 0.29) is 18.7 Å². The number of benzene rings is 2. The van der Waals surface area contributed by atoms with E-state index >= 15 is 0 Å². The monoisotopic (exact) mass is 435 g/mol. The van der Waals surface area contributed by atoms with Gasteiger partial charge in [0.1, 0.15) is 0 Å². The summed E-state index contributed by atoms with van der Waals surface area (Å²) in [5.74, 6) is 3.84. The van der Waals surface area contributed by atoms with E-state index in [1.54, 1.807) is 24.4 Å². The highest BCUT2D eigenvalue weighted by molar-refractivity contribution is 6.36. The lowest BCUT2D eigenvalue weighted by atomic mass is 10.0. The molecule has 2 aromatic carbocycles. The molecule has 4 N–H and O–H groups in total. The number of unbranched alkanes of at least 4 members (excludes halogenated alkanes) is 1. The molecule has 2 aromatic rings. The molecule has 0 aromatic heterocycles. The van der Waals surface area contributed by atoms with Gasteiger partial charge in [0.15, 0.2) is 0 Å². The standard InChI is InChI=1S/C21H23Cl2N3O3/c22-16-5-3-6-17(23)21(16)18(12-20(28)29)26-19(27)7-2-1-4-14-8-10-15(11-9-14)13-25-24/h3,5-6,8-11,13,18H,1-2,4,7,12,24H2,(H,26,27)(H,28,29). The van der Waals surface area contributed by atoms with Crippen molar-refractivity contribution in [2.45, 2.75) is 38.1 Å². The first kappa shape index (κ1) is 22.7. The van der Waals surface area contributed by atoms with Crippen molar-refractivity contribution in [3.8, 4) is 0 Å². The summed E-state index contributed by atoms with van der Waals surface area (Å²) in [7, 11) is 0. The van der Waals surface area contributed by atoms with Gasteiger partial charge >= 0.3 is 5.97 Å². The molecule has 0 spiro atoms. The molecule has 1 unspecified atom stereocenters. The number of carboxylic acid groups (broad SMARTS) is 1. The molecule has 0 aliphatic heterocycles. The van der Waals surface area contributed by atoms with Gasteiger partial charge in [-0.15, -0.1) is 0 Å². The number of nitrogens with zero attached hydrogens (tertiary/aromatic N) is 1. The molecule has 0 aliphatic rings. The lowest BCUT2D eigenvalue weighted by Crippen LogP contribution is -2.30. The van der Waals surface area contributed by atoms with Gasteiger partial charge in [-0.05, 0) is 42.5 Å². The van der Waals surface area contributed by atoms with Crippen LogP contribution >= 0.6 is 23.2 Å². The molecule has 0 bridgehead atoms. The molecule has 0 aliphatic carbocycles. The second-order valence-corrected chi connectivity index (χ2v) is 7.39. The van der Waals surface area contributed by atoms with Gasteiger partial charge < -0.3 is 16.3 Å². The smallest absolute Gasteiger partial charge is 0.305 e. The minimum absolute atomic E-state index is 0.234. The molecular weight excluding hydrogens is 413 g/mol. The topological polar surface area (TPSA) is 105 Å². The second-order valence-electron chi connectivity index (χ2n) is 6.58. The van der Waals surface area contributed by atoms with E-state index in [4.69, 9.17) is 29.0 Å². The highest BCUT2D eigenvalue weighted by Gasteiger charge is 2.22. The van der Waals surface area contributed by atoms with Crippen LogP contribution < -0.4 is 11.2 Å². The zero-order valence-electron chi connectivity index (χ0n) is 15.8. The predicted octanol–water partition coefficient (Wildman–Crippen LogP) is 4.33. The van der Waals surface area contributed by atoms with Crippen LogP contribution in [-0.4, -0.2) is 23.2 Å². The lowest BCUT2D eigenvalue weighted by Gasteiger charge is -2.20. The Kier molecular flexibility index (Phi) is 8.96. The fourth-order valence-corrected chi connectivity index (χ4v) is 3.64. The van der Waals surface area contributed by atoms with E-state index in [9.17, 15) is 14.7 Å². The number of aliphatic carboxylic acids is 1. The third-order valence-electron chi connectivity index (χ3n) is 4.38. The van der Waals surface area contributed by atoms with Gasteiger partial charge in [-0.1, -0.05) is 53.5 Å². The summed E-state index contributed by atoms with van der Waals surface area (Å²) in [6.45, 7) is 0. The fraction of sp³-hybridized carbons (Fsp3) is 0.286. The largest absolute Gasteiger partial charge is 0.481 e. The number of hydrogen-bond donors (Lipinski definition) is 3. The summed E-state index contributed by atoms with van der Waals surface area (Å²) >= 11 is 12.3. The molecule has 154 valence electrons. The minimum atomic E-state index is -1.05. The highest BCUT2D eigenvalue weighted by atomic mass is 35.5. The third-order valence-corrected chi connectivity index (χ3v) is 5.04. The molecule has 0 saturated heterocycles. The van der Waals surface area contributed by atoms with Crippen molar-refractivity contribution in [1.82, 2.24) is 5.32 Å². The van der Waals surface area contributed by atoms with Gasteiger partial charge in [-0.3, -0.25) is 9.59 Å². The summed E-state index contributed by atoms with van der Waals surface area (Å²) in [5, 5.41) is 16.1. The molecular formula is C21H23Cl2N3O3. The van der Waals surface area contributed by atoms with Gasteiger partial charge in [-0.25, -0.2) is 0 Å². The Morgan fingerprint density at radius 3 is 2.34 bits per heavy atom. The maximum Gasteiger partial charge on any atom is 0.305 e. The van der Waals surface area contributed by atoms with Crippen molar-refractivity contribution in [3.63, 3.8) is 0 Å². The maximum atomic E-state index is 12.3. The highest BCUT2D eigenvalue weighted by Crippen LogP contribution is 2.32. The first-order valence-corrected chi connectivity index (χ1v) is 9.93. The Balaban J connectivity index is 1.87. The van der Waals surface area contributed by atoms with Gasteiger partial charge in [0.2, 0.25) is 5.91 Å². The van der Waals surface area contributed by atoms with Crippen LogP contribution in [0, 0.1) is 0 Å². The molecule has 29 heavy (non-hydrogen) atoms. The van der Waals surface area contributed by atoms with Crippen LogP contribution in [0.5, 0.6) is 0 Å². The maximum absolute atomic E-state index is 12.3. The number of nitrogens with two attached hydrogens (primary N) is 1. The van der Waals surface area contributed by atoms with E-state index in [1.165, 1.54) is 0 Å². The van der Waals surface area contributed by atoms with Crippen molar-refractivity contribution in [3.05, 3.63) is 69.2 Å². The number of amides is 1. The molecule has 0 heterocycles. The fourth-order valence-electron chi connectivity index (χ4n) is 2.98. The number of halogens is 2. The van der Waals surface area contributed by atoms with Gasteiger partial charge in [0.25, 0.3) is 0 Å². The van der Waals surface area contributed by atoms with E-state index in [1.807, 2.05) is 24.3 Å². The Hall–Kier alpha value is -2.57. The Bertz CT molecular complexity index is 850. The molecule has 0 fully saturated rings. The quantitative estimate of drug-likeness (QED) is 0.223. The molecule has 8 heteroatoms. The van der Waals surface area contributed by atoms with Crippen LogP contribution in [0.25, 0.3) is 0 Å². The van der Waals surface area contributed by atoms with Gasteiger partial charge in [0.05, 0.1) is 18.7 Å². The number of aryl methyl sites for hydroxylation is 1. The molecule has 6 nitrogen and oxygen atoms in total. The summed E-state index contributed by atoms with van der Waals surface area (Å²) in [6.07, 6.45) is 3.90. The van der Waals surface area contributed by atoms with Crippen molar-refractivity contribution < 1.29 is 14.7 Å². The van der Waals surface area contributed by atoms with Crippen LogP contribution in [0.2, 0.25) is 10.0 Å². The third kappa shape index (κ3) is 7.40. The number of rotatable bonds is 10. The lowest BCUT2D eigenvalue weighted by molar-refractivity contribution is -0.137. The van der Waals surface area contributed by atoms with Crippen LogP contribution in [0.1, 0.15) is 48.4 Å². The predicted molar refractivity (Wildman–Crippen MR) is 115 cm³/mol. The number of hydrogen-bond acceptors (Lipinski definition) is 4. The van der Waals surface area contributed by atoms with Crippen molar-refractivity contribution in [1.29, 1.82) is 0 Å². The number of carbonyl (C=O) groups excluding carboxylic acids is 1. The number of nitrogens with one attached hydrogen (secondary N) is 1. The summed E-state index contributed by atoms with van der Waals surface area (Å²) < 4.78 is 0. The number of carboxylic acids is 1. The SMILES string of the molecule is NN=Cc1ccc(CCCCC(=O)NC(CC(=O)O)c2c(Cl)cccc2Cl)cc1. The van der Waals surface area contributed by atoms with E-state index < -0.39 is 12.0 Å². The van der Waals surface area contributed by atoms with Gasteiger partial charge in [0, 0.05) is 22.0 Å². The Labute approximate surface area is 179 Å². The minimum Gasteiger partial charge on any atom is -0.481 e. The summed E-state index contributed by atoms with van der Waals surface area (Å²) in [6, 6.07) is 12.0. The average molecular weight is 436 g/mol. The van der Waals surface area contributed by atoms with Crippen molar-refractivity contribution in [2.24, 2.45) is 10.9 Å². The van der Waals surface area contributed by atoms with Crippen LogP contribution in [0.4, 0.5) is 0 Å². The van der Waals surface area contributed by atoms with E-state index in [2.05, 4.69) is 10.4 Å². The first-order valence-electron chi connectivity index (χ1n) is 9.18. The van der Waals surface area contributed by atoms with Crippen molar-refractivity contribution >= 4 is 41.3 Å². The first-order chi connectivity index (χ1) is 13.9. The Morgan fingerprint density at radius 2 is 1.76 bits per heavy atom. The number of carbonyl (C=O) groups is 2. The zero-order valence-corrected chi connectivity index (χ0v) is 17.3. The van der Waals surface area contributed by atoms with Gasteiger partial charge in [-0.2, -0.15) is 5.10 Å². The van der Waals surface area contributed by atoms with E-state index in [0.717, 1.165) is 24.0 Å². The Morgan fingerprint density at radius 1 is 1.10 bits per heavy atom. The average Bonchev–Trinajstić information content (AvgIpc) is 2.66. The zero-order chi connectivity index (χ0) is 21.2. The number of hydrazone groups is 1. The van der Waals surface area contributed by atoms with Crippen LogP contribution in [0.3, 0.4) is 0 Å². The molecule has 0 radical (unpaired) electrons. The molecule has 1 amide bonds. The van der Waals surface area contributed by atoms with Crippen LogP contribution in [-0.2, 0) is 16.0 Å². The molecule has 1 atom stereocenters. The summed E-state index contributed by atoms with van der Waals surface area (Å²) in [5.41, 5.74) is 2.51. The van der Waals surface area contributed by atoms with Crippen LogP contribution in [0.15, 0.2) is 47.6 Å². The van der Waals surface area contributed by atoms with E-state index in [0.29, 0.717) is 22.0 Å². The second kappa shape index (κ2) is 11.4. The molecule has 0 saturated carbocycles. The molecule has 2 rings (SSSR count).